The fourth-order valence-corrected chi connectivity index (χ4v) is 3.28. The molecule has 1 aliphatic rings. The minimum atomic E-state index is -0.719. The highest BCUT2D eigenvalue weighted by atomic mass is 16.3. The Kier molecular flexibility index (Phi) is 5.46. The zero-order valence-electron chi connectivity index (χ0n) is 15.8. The van der Waals surface area contributed by atoms with Gasteiger partial charge in [-0.1, -0.05) is 29.8 Å². The number of hydrogen-bond donors (Lipinski definition) is 1. The number of Topliss-reactive ketones (excluding diaryl/α,β-unsaturated/α-hetero) is 1. The topological polar surface area (TPSA) is 74.0 Å². The Labute approximate surface area is 158 Å². The number of aliphatic hydroxyl groups is 1. The molecule has 1 fully saturated rings. The summed E-state index contributed by atoms with van der Waals surface area (Å²) in [6.45, 7) is 3.13. The second kappa shape index (κ2) is 7.80. The van der Waals surface area contributed by atoms with Crippen molar-refractivity contribution in [1.29, 1.82) is 0 Å². The Hall–Kier alpha value is -2.86. The number of furan rings is 1. The first kappa shape index (κ1) is 18.9. The molecule has 3 rings (SSSR count). The van der Waals surface area contributed by atoms with E-state index in [4.69, 9.17) is 4.42 Å². The molecule has 2 heterocycles. The maximum Gasteiger partial charge on any atom is 0.295 e. The molecule has 1 atom stereocenters. The normalized spacial score (nSPS) is 19.3. The predicted molar refractivity (Wildman–Crippen MR) is 102 cm³/mol. The Morgan fingerprint density at radius 1 is 1.19 bits per heavy atom. The zero-order valence-corrected chi connectivity index (χ0v) is 15.8. The molecule has 0 radical (unpaired) electrons. The van der Waals surface area contributed by atoms with Crippen LogP contribution in [0.25, 0.3) is 5.76 Å². The van der Waals surface area contributed by atoms with Crippen LogP contribution in [-0.4, -0.2) is 53.8 Å². The van der Waals surface area contributed by atoms with Gasteiger partial charge in [0.2, 0.25) is 0 Å². The number of hydrogen-bond acceptors (Lipinski definition) is 5. The second-order valence-corrected chi connectivity index (χ2v) is 7.03. The lowest BCUT2D eigenvalue weighted by Crippen LogP contribution is -2.32. The molecule has 1 N–H and O–H groups in total. The number of aryl methyl sites for hydroxylation is 1. The Balaban J connectivity index is 2.03. The summed E-state index contributed by atoms with van der Waals surface area (Å²) < 4.78 is 5.51. The van der Waals surface area contributed by atoms with Crippen LogP contribution in [0.4, 0.5) is 0 Å². The van der Waals surface area contributed by atoms with Gasteiger partial charge >= 0.3 is 0 Å². The van der Waals surface area contributed by atoms with Crippen molar-refractivity contribution in [1.82, 2.24) is 9.80 Å². The number of nitrogens with zero attached hydrogens (tertiary/aromatic N) is 2. The average Bonchev–Trinajstić information content (AvgIpc) is 3.24. The van der Waals surface area contributed by atoms with E-state index in [2.05, 4.69) is 0 Å². The zero-order chi connectivity index (χ0) is 19.6. The van der Waals surface area contributed by atoms with Crippen molar-refractivity contribution in [2.45, 2.75) is 19.4 Å². The van der Waals surface area contributed by atoms with Gasteiger partial charge in [-0.25, -0.2) is 0 Å². The number of rotatable bonds is 6. The van der Waals surface area contributed by atoms with Crippen LogP contribution in [0.15, 0.2) is 52.7 Å². The standard InChI is InChI=1S/C21H24N2O4/c1-14-7-9-15(10-8-14)19(24)17-18(16-6-4-13-27-16)23(21(26)20(17)25)12-5-11-22(2)3/h4,6-10,13,18,24H,5,11-12H2,1-3H3/b19-17-. The van der Waals surface area contributed by atoms with E-state index in [1.54, 1.807) is 24.3 Å². The number of aliphatic hydroxyl groups excluding tert-OH is 1. The van der Waals surface area contributed by atoms with Crippen LogP contribution in [0, 0.1) is 6.92 Å². The van der Waals surface area contributed by atoms with E-state index in [0.717, 1.165) is 12.1 Å². The van der Waals surface area contributed by atoms with E-state index in [-0.39, 0.29) is 11.3 Å². The Morgan fingerprint density at radius 3 is 2.48 bits per heavy atom. The van der Waals surface area contributed by atoms with Crippen molar-refractivity contribution in [3.05, 3.63) is 65.1 Å². The minimum Gasteiger partial charge on any atom is -0.507 e. The molecular weight excluding hydrogens is 344 g/mol. The third-order valence-corrected chi connectivity index (χ3v) is 4.68. The van der Waals surface area contributed by atoms with Gasteiger partial charge in [-0.05, 0) is 46.1 Å². The molecular formula is C21H24N2O4. The van der Waals surface area contributed by atoms with Gasteiger partial charge in [0.1, 0.15) is 17.6 Å². The summed E-state index contributed by atoms with van der Waals surface area (Å²) in [4.78, 5) is 28.9. The molecule has 0 aliphatic carbocycles. The van der Waals surface area contributed by atoms with E-state index in [9.17, 15) is 14.7 Å². The van der Waals surface area contributed by atoms with Gasteiger partial charge in [-0.15, -0.1) is 0 Å². The fourth-order valence-electron chi connectivity index (χ4n) is 3.28. The van der Waals surface area contributed by atoms with Crippen molar-refractivity contribution in [3.8, 4) is 0 Å². The molecule has 0 saturated carbocycles. The van der Waals surface area contributed by atoms with E-state index in [1.165, 1.54) is 11.2 Å². The lowest BCUT2D eigenvalue weighted by Gasteiger charge is -2.24. The third kappa shape index (κ3) is 3.80. The number of carbonyl (C=O) groups excluding carboxylic acids is 2. The summed E-state index contributed by atoms with van der Waals surface area (Å²) in [6, 6.07) is 9.89. The van der Waals surface area contributed by atoms with Crippen LogP contribution < -0.4 is 0 Å². The van der Waals surface area contributed by atoms with Crippen LogP contribution in [-0.2, 0) is 9.59 Å². The van der Waals surface area contributed by atoms with E-state index in [0.29, 0.717) is 24.3 Å². The quantitative estimate of drug-likeness (QED) is 0.482. The summed E-state index contributed by atoms with van der Waals surface area (Å²) in [5.41, 5.74) is 1.62. The molecule has 1 saturated heterocycles. The first-order valence-corrected chi connectivity index (χ1v) is 8.93. The first-order chi connectivity index (χ1) is 12.9. The molecule has 0 bridgehead atoms. The Morgan fingerprint density at radius 2 is 1.89 bits per heavy atom. The summed E-state index contributed by atoms with van der Waals surface area (Å²) in [5, 5.41) is 10.8. The van der Waals surface area contributed by atoms with Gasteiger partial charge in [0.25, 0.3) is 11.7 Å². The lowest BCUT2D eigenvalue weighted by molar-refractivity contribution is -0.140. The third-order valence-electron chi connectivity index (χ3n) is 4.68. The second-order valence-electron chi connectivity index (χ2n) is 7.03. The highest BCUT2D eigenvalue weighted by Gasteiger charge is 2.47. The molecule has 1 amide bonds. The smallest absolute Gasteiger partial charge is 0.295 e. The van der Waals surface area contributed by atoms with Gasteiger partial charge in [-0.2, -0.15) is 0 Å². The molecule has 142 valence electrons. The first-order valence-electron chi connectivity index (χ1n) is 8.93. The lowest BCUT2D eigenvalue weighted by atomic mass is 9.99. The van der Waals surface area contributed by atoms with Crippen LogP contribution in [0.3, 0.4) is 0 Å². The summed E-state index contributed by atoms with van der Waals surface area (Å²) >= 11 is 0. The predicted octanol–water partition coefficient (Wildman–Crippen LogP) is 2.96. The van der Waals surface area contributed by atoms with Crippen LogP contribution in [0.1, 0.15) is 29.3 Å². The summed E-state index contributed by atoms with van der Waals surface area (Å²) in [7, 11) is 3.91. The van der Waals surface area contributed by atoms with Gasteiger partial charge in [0, 0.05) is 12.1 Å². The van der Waals surface area contributed by atoms with E-state index < -0.39 is 17.7 Å². The number of benzene rings is 1. The van der Waals surface area contributed by atoms with Crippen molar-refractivity contribution < 1.29 is 19.1 Å². The molecule has 1 aromatic heterocycles. The Bertz CT molecular complexity index is 851. The minimum absolute atomic E-state index is 0.0728. The van der Waals surface area contributed by atoms with E-state index in [1.807, 2.05) is 38.1 Å². The van der Waals surface area contributed by atoms with Crippen LogP contribution in [0.5, 0.6) is 0 Å². The van der Waals surface area contributed by atoms with Crippen LogP contribution in [0.2, 0.25) is 0 Å². The van der Waals surface area contributed by atoms with Gasteiger partial charge in [0.15, 0.2) is 0 Å². The number of likely N-dealkylation sites (tertiary alicyclic amines) is 1. The van der Waals surface area contributed by atoms with Crippen molar-refractivity contribution in [3.63, 3.8) is 0 Å². The van der Waals surface area contributed by atoms with Gasteiger partial charge < -0.3 is 19.3 Å². The van der Waals surface area contributed by atoms with Gasteiger partial charge in [-0.3, -0.25) is 9.59 Å². The maximum absolute atomic E-state index is 12.7. The average molecular weight is 368 g/mol. The molecule has 0 spiro atoms. The van der Waals surface area contributed by atoms with Crippen LogP contribution >= 0.6 is 0 Å². The largest absolute Gasteiger partial charge is 0.507 e. The van der Waals surface area contributed by atoms with Gasteiger partial charge in [0.05, 0.1) is 11.8 Å². The summed E-state index contributed by atoms with van der Waals surface area (Å²) in [6.07, 6.45) is 2.21. The number of carbonyl (C=O) groups is 2. The molecule has 6 heteroatoms. The molecule has 27 heavy (non-hydrogen) atoms. The van der Waals surface area contributed by atoms with Crippen molar-refractivity contribution >= 4 is 17.4 Å². The summed E-state index contributed by atoms with van der Waals surface area (Å²) in [5.74, 6) is -0.999. The molecule has 1 unspecified atom stereocenters. The number of ketones is 1. The highest BCUT2D eigenvalue weighted by Crippen LogP contribution is 2.39. The monoisotopic (exact) mass is 368 g/mol. The molecule has 6 nitrogen and oxygen atoms in total. The number of amides is 1. The highest BCUT2D eigenvalue weighted by molar-refractivity contribution is 6.46. The fraction of sp³-hybridized carbons (Fsp3) is 0.333. The van der Waals surface area contributed by atoms with Crippen molar-refractivity contribution in [2.75, 3.05) is 27.2 Å². The molecule has 1 aromatic carbocycles. The van der Waals surface area contributed by atoms with E-state index >= 15 is 0 Å². The van der Waals surface area contributed by atoms with Crippen molar-refractivity contribution in [2.24, 2.45) is 0 Å². The molecule has 1 aliphatic heterocycles. The SMILES string of the molecule is Cc1ccc(/C(O)=C2/C(=O)C(=O)N(CCCN(C)C)C2c2ccco2)cc1. The molecule has 2 aromatic rings. The maximum atomic E-state index is 12.7.